The topological polar surface area (TPSA) is 70.4 Å². The lowest BCUT2D eigenvalue weighted by Crippen LogP contribution is -2.29. The second kappa shape index (κ2) is 5.57. The van der Waals surface area contributed by atoms with Crippen LogP contribution >= 0.6 is 0 Å². The van der Waals surface area contributed by atoms with Crippen molar-refractivity contribution in [2.75, 3.05) is 18.4 Å². The van der Waals surface area contributed by atoms with Gasteiger partial charge in [-0.2, -0.15) is 5.10 Å². The zero-order chi connectivity index (χ0) is 14.8. The van der Waals surface area contributed by atoms with E-state index in [1.165, 1.54) is 0 Å². The molecule has 0 radical (unpaired) electrons. The van der Waals surface area contributed by atoms with Crippen LogP contribution in [0, 0.1) is 0 Å². The van der Waals surface area contributed by atoms with Gasteiger partial charge in [-0.25, -0.2) is 0 Å². The second-order valence-electron chi connectivity index (χ2n) is 5.30. The molecule has 3 rings (SSSR count). The van der Waals surface area contributed by atoms with E-state index in [4.69, 9.17) is 0 Å². The Morgan fingerprint density at radius 2 is 2.29 bits per heavy atom. The van der Waals surface area contributed by atoms with Gasteiger partial charge in [0, 0.05) is 37.6 Å². The van der Waals surface area contributed by atoms with E-state index in [0.717, 1.165) is 11.4 Å². The molecule has 2 aromatic rings. The van der Waals surface area contributed by atoms with Crippen molar-refractivity contribution in [3.63, 3.8) is 0 Å². The van der Waals surface area contributed by atoms with Crippen molar-refractivity contribution < 1.29 is 9.90 Å². The van der Waals surface area contributed by atoms with Crippen molar-refractivity contribution in [1.82, 2.24) is 14.7 Å². The van der Waals surface area contributed by atoms with Crippen LogP contribution in [0.15, 0.2) is 36.7 Å². The molecule has 0 bridgehead atoms. The SMILES string of the molecule is Cn1cc(Nc2cccc(C(=O)N3CC[C@@H](O)C3)c2)cn1. The van der Waals surface area contributed by atoms with Crippen LogP contribution in [-0.4, -0.2) is 44.9 Å². The number of benzene rings is 1. The summed E-state index contributed by atoms with van der Waals surface area (Å²) in [4.78, 5) is 14.1. The maximum absolute atomic E-state index is 12.4. The summed E-state index contributed by atoms with van der Waals surface area (Å²) in [7, 11) is 1.85. The minimum Gasteiger partial charge on any atom is -0.391 e. The largest absolute Gasteiger partial charge is 0.391 e. The van der Waals surface area contributed by atoms with Gasteiger partial charge in [0.05, 0.1) is 18.0 Å². The van der Waals surface area contributed by atoms with Crippen LogP contribution in [0.3, 0.4) is 0 Å². The van der Waals surface area contributed by atoms with Crippen LogP contribution in [0.5, 0.6) is 0 Å². The average molecular weight is 286 g/mol. The van der Waals surface area contributed by atoms with Crippen molar-refractivity contribution in [3.8, 4) is 0 Å². The maximum atomic E-state index is 12.4. The zero-order valence-electron chi connectivity index (χ0n) is 11.9. The molecule has 1 saturated heterocycles. The number of anilines is 2. The summed E-state index contributed by atoms with van der Waals surface area (Å²) in [5.74, 6) is -0.0404. The Balaban J connectivity index is 1.75. The molecule has 1 aliphatic heterocycles. The number of amides is 1. The molecule has 0 aliphatic carbocycles. The Labute approximate surface area is 123 Å². The number of nitrogens with one attached hydrogen (secondary N) is 1. The summed E-state index contributed by atoms with van der Waals surface area (Å²) in [5.41, 5.74) is 2.34. The Morgan fingerprint density at radius 1 is 1.43 bits per heavy atom. The molecule has 1 aromatic heterocycles. The van der Waals surface area contributed by atoms with Gasteiger partial charge in [0.15, 0.2) is 0 Å². The van der Waals surface area contributed by atoms with Gasteiger partial charge in [-0.05, 0) is 24.6 Å². The van der Waals surface area contributed by atoms with E-state index in [9.17, 15) is 9.90 Å². The molecule has 2 heterocycles. The lowest BCUT2D eigenvalue weighted by molar-refractivity contribution is 0.0765. The highest BCUT2D eigenvalue weighted by Gasteiger charge is 2.25. The number of aromatic nitrogens is 2. The van der Waals surface area contributed by atoms with E-state index >= 15 is 0 Å². The number of carbonyl (C=O) groups excluding carboxylic acids is 1. The van der Waals surface area contributed by atoms with Crippen LogP contribution in [0.4, 0.5) is 11.4 Å². The number of hydrogen-bond donors (Lipinski definition) is 2. The molecular formula is C15H18N4O2. The van der Waals surface area contributed by atoms with Gasteiger partial charge >= 0.3 is 0 Å². The minimum atomic E-state index is -0.398. The molecule has 0 spiro atoms. The standard InChI is InChI=1S/C15H18N4O2/c1-18-9-13(8-16-18)17-12-4-2-3-11(7-12)15(21)19-6-5-14(20)10-19/h2-4,7-9,14,17,20H,5-6,10H2,1H3/t14-/m1/s1. The van der Waals surface area contributed by atoms with E-state index in [1.54, 1.807) is 21.8 Å². The molecule has 21 heavy (non-hydrogen) atoms. The molecule has 0 unspecified atom stereocenters. The molecule has 1 atom stereocenters. The molecule has 1 aliphatic rings. The third-order valence-corrected chi connectivity index (χ3v) is 3.55. The van der Waals surface area contributed by atoms with Crippen LogP contribution in [0.1, 0.15) is 16.8 Å². The van der Waals surface area contributed by atoms with Crippen molar-refractivity contribution in [2.24, 2.45) is 7.05 Å². The van der Waals surface area contributed by atoms with Crippen LogP contribution in [0.25, 0.3) is 0 Å². The van der Waals surface area contributed by atoms with Crippen LogP contribution in [-0.2, 0) is 7.05 Å². The molecule has 6 heteroatoms. The van der Waals surface area contributed by atoms with E-state index in [0.29, 0.717) is 25.1 Å². The normalized spacial score (nSPS) is 18.0. The van der Waals surface area contributed by atoms with Crippen molar-refractivity contribution in [2.45, 2.75) is 12.5 Å². The van der Waals surface area contributed by atoms with Crippen molar-refractivity contribution >= 4 is 17.3 Å². The number of rotatable bonds is 3. The third-order valence-electron chi connectivity index (χ3n) is 3.55. The van der Waals surface area contributed by atoms with Gasteiger partial charge in [-0.1, -0.05) is 6.07 Å². The van der Waals surface area contributed by atoms with Crippen LogP contribution in [0.2, 0.25) is 0 Å². The summed E-state index contributed by atoms with van der Waals surface area (Å²) in [6.45, 7) is 1.03. The van der Waals surface area contributed by atoms with E-state index < -0.39 is 6.10 Å². The van der Waals surface area contributed by atoms with Crippen molar-refractivity contribution in [1.29, 1.82) is 0 Å². The molecule has 2 N–H and O–H groups in total. The molecule has 1 aromatic carbocycles. The smallest absolute Gasteiger partial charge is 0.254 e. The van der Waals surface area contributed by atoms with Gasteiger partial charge in [0.2, 0.25) is 0 Å². The van der Waals surface area contributed by atoms with Gasteiger partial charge < -0.3 is 15.3 Å². The highest BCUT2D eigenvalue weighted by atomic mass is 16.3. The number of β-amino-alcohol motifs (C(OH)–C–C–N with tert-alkyl or cyclic N) is 1. The lowest BCUT2D eigenvalue weighted by Gasteiger charge is -2.16. The van der Waals surface area contributed by atoms with E-state index in [2.05, 4.69) is 10.4 Å². The first kappa shape index (κ1) is 13.6. The highest BCUT2D eigenvalue weighted by molar-refractivity contribution is 5.95. The Kier molecular flexibility index (Phi) is 3.62. The summed E-state index contributed by atoms with van der Waals surface area (Å²) >= 11 is 0. The van der Waals surface area contributed by atoms with Gasteiger partial charge in [0.1, 0.15) is 0 Å². The minimum absolute atomic E-state index is 0.0404. The zero-order valence-corrected chi connectivity index (χ0v) is 11.9. The maximum Gasteiger partial charge on any atom is 0.254 e. The molecule has 110 valence electrons. The number of aliphatic hydroxyl groups is 1. The summed E-state index contributed by atoms with van der Waals surface area (Å²) in [5, 5.41) is 16.8. The van der Waals surface area contributed by atoms with Gasteiger partial charge in [0.25, 0.3) is 5.91 Å². The van der Waals surface area contributed by atoms with E-state index in [1.807, 2.05) is 31.4 Å². The third kappa shape index (κ3) is 3.05. The predicted octanol–water partition coefficient (Wildman–Crippen LogP) is 1.37. The fourth-order valence-electron chi connectivity index (χ4n) is 2.49. The number of aryl methyl sites for hydroxylation is 1. The lowest BCUT2D eigenvalue weighted by atomic mass is 10.1. The van der Waals surface area contributed by atoms with Gasteiger partial charge in [-0.15, -0.1) is 0 Å². The van der Waals surface area contributed by atoms with Crippen LogP contribution < -0.4 is 5.32 Å². The molecule has 1 amide bonds. The van der Waals surface area contributed by atoms with Gasteiger partial charge in [-0.3, -0.25) is 9.48 Å². The fraction of sp³-hybridized carbons (Fsp3) is 0.333. The molecule has 6 nitrogen and oxygen atoms in total. The number of hydrogen-bond acceptors (Lipinski definition) is 4. The molecule has 0 saturated carbocycles. The summed E-state index contributed by atoms with van der Waals surface area (Å²) in [6.07, 6.45) is 3.85. The second-order valence-corrected chi connectivity index (χ2v) is 5.30. The average Bonchev–Trinajstić information content (AvgIpc) is 3.07. The fourth-order valence-corrected chi connectivity index (χ4v) is 2.49. The quantitative estimate of drug-likeness (QED) is 0.894. The molecule has 1 fully saturated rings. The predicted molar refractivity (Wildman–Crippen MR) is 79.5 cm³/mol. The molecular weight excluding hydrogens is 268 g/mol. The first-order chi connectivity index (χ1) is 10.1. The number of aliphatic hydroxyl groups excluding tert-OH is 1. The number of carbonyl (C=O) groups is 1. The first-order valence-corrected chi connectivity index (χ1v) is 6.95. The number of nitrogens with zero attached hydrogens (tertiary/aromatic N) is 3. The monoisotopic (exact) mass is 286 g/mol. The first-order valence-electron chi connectivity index (χ1n) is 6.95. The Bertz CT molecular complexity index is 653. The van der Waals surface area contributed by atoms with Crippen molar-refractivity contribution in [3.05, 3.63) is 42.2 Å². The Hall–Kier alpha value is -2.34. The summed E-state index contributed by atoms with van der Waals surface area (Å²) in [6, 6.07) is 7.36. The Morgan fingerprint density at radius 3 is 2.95 bits per heavy atom. The summed E-state index contributed by atoms with van der Waals surface area (Å²) < 4.78 is 1.71. The number of likely N-dealkylation sites (tertiary alicyclic amines) is 1. The highest BCUT2D eigenvalue weighted by Crippen LogP contribution is 2.19. The van der Waals surface area contributed by atoms with E-state index in [-0.39, 0.29) is 5.91 Å².